The third-order valence-electron chi connectivity index (χ3n) is 4.53. The van der Waals surface area contributed by atoms with Gasteiger partial charge in [0.25, 0.3) is 0 Å². The van der Waals surface area contributed by atoms with E-state index in [1.165, 1.54) is 0 Å². The molecule has 1 aliphatic carbocycles. The molecule has 26 heavy (non-hydrogen) atoms. The Kier molecular flexibility index (Phi) is 5.61. The van der Waals surface area contributed by atoms with Gasteiger partial charge in [-0.25, -0.2) is 0 Å². The molecule has 1 aromatic heterocycles. The number of amides is 1. The molecule has 1 aliphatic rings. The van der Waals surface area contributed by atoms with Crippen LogP contribution in [0.25, 0.3) is 11.1 Å². The van der Waals surface area contributed by atoms with Gasteiger partial charge in [-0.3, -0.25) is 14.6 Å². The molecule has 5 nitrogen and oxygen atoms in total. The van der Waals surface area contributed by atoms with Crippen molar-refractivity contribution in [2.24, 2.45) is 5.92 Å². The van der Waals surface area contributed by atoms with E-state index in [9.17, 15) is 9.59 Å². The standard InChI is InChI=1S/C20H22N2O3S/c1-2-22(20(25)14-3-4-14)12-16-9-17(26)5-6-18(16)15-7-13(8-19(23)24)10-21-11-15/h5-7,9-11,14,26H,2-4,8,12H2,1H3,(H,23,24). The monoisotopic (exact) mass is 370 g/mol. The summed E-state index contributed by atoms with van der Waals surface area (Å²) in [4.78, 5) is 30.3. The van der Waals surface area contributed by atoms with Crippen LogP contribution < -0.4 is 0 Å². The molecule has 0 bridgehead atoms. The average Bonchev–Trinajstić information content (AvgIpc) is 3.44. The molecule has 6 heteroatoms. The number of hydrogen-bond donors (Lipinski definition) is 2. The molecule has 0 unspecified atom stereocenters. The van der Waals surface area contributed by atoms with Crippen LogP contribution in [0.2, 0.25) is 0 Å². The van der Waals surface area contributed by atoms with Crippen LogP contribution in [0.15, 0.2) is 41.6 Å². The number of carboxylic acids is 1. The Morgan fingerprint density at radius 3 is 2.69 bits per heavy atom. The van der Waals surface area contributed by atoms with Gasteiger partial charge in [-0.1, -0.05) is 6.07 Å². The second kappa shape index (κ2) is 7.91. The third kappa shape index (κ3) is 4.43. The summed E-state index contributed by atoms with van der Waals surface area (Å²) in [6.45, 7) is 3.15. The van der Waals surface area contributed by atoms with Crippen molar-refractivity contribution in [3.63, 3.8) is 0 Å². The summed E-state index contributed by atoms with van der Waals surface area (Å²) >= 11 is 4.44. The van der Waals surface area contributed by atoms with E-state index in [0.717, 1.165) is 34.4 Å². The van der Waals surface area contributed by atoms with Gasteiger partial charge in [0, 0.05) is 41.9 Å². The van der Waals surface area contributed by atoms with E-state index in [1.54, 1.807) is 12.4 Å². The summed E-state index contributed by atoms with van der Waals surface area (Å²) in [5.74, 6) is -0.499. The van der Waals surface area contributed by atoms with Crippen LogP contribution in [-0.4, -0.2) is 33.4 Å². The number of thiol groups is 1. The van der Waals surface area contributed by atoms with Crippen LogP contribution in [-0.2, 0) is 22.6 Å². The van der Waals surface area contributed by atoms with E-state index in [0.29, 0.717) is 18.7 Å². The number of aliphatic carboxylic acids is 1. The van der Waals surface area contributed by atoms with E-state index in [-0.39, 0.29) is 18.2 Å². The van der Waals surface area contributed by atoms with Crippen molar-refractivity contribution in [2.75, 3.05) is 6.54 Å². The maximum Gasteiger partial charge on any atom is 0.307 e. The number of carbonyl (C=O) groups is 2. The Hall–Kier alpha value is -2.34. The van der Waals surface area contributed by atoms with Crippen LogP contribution in [0.3, 0.4) is 0 Å². The Morgan fingerprint density at radius 1 is 1.27 bits per heavy atom. The molecule has 1 amide bonds. The van der Waals surface area contributed by atoms with Crippen LogP contribution in [0.5, 0.6) is 0 Å². The fraction of sp³-hybridized carbons (Fsp3) is 0.350. The highest BCUT2D eigenvalue weighted by Gasteiger charge is 2.33. The summed E-state index contributed by atoms with van der Waals surface area (Å²) in [6, 6.07) is 7.65. The van der Waals surface area contributed by atoms with E-state index in [1.807, 2.05) is 36.1 Å². The van der Waals surface area contributed by atoms with Gasteiger partial charge in [0.1, 0.15) is 0 Å². The van der Waals surface area contributed by atoms with E-state index in [2.05, 4.69) is 17.6 Å². The molecule has 0 radical (unpaired) electrons. The molecule has 0 saturated heterocycles. The van der Waals surface area contributed by atoms with Crippen molar-refractivity contribution in [2.45, 2.75) is 37.6 Å². The summed E-state index contributed by atoms with van der Waals surface area (Å²) in [5.41, 5.74) is 3.44. The number of nitrogens with zero attached hydrogens (tertiary/aromatic N) is 2. The average molecular weight is 370 g/mol. The van der Waals surface area contributed by atoms with Crippen molar-refractivity contribution in [1.82, 2.24) is 9.88 Å². The van der Waals surface area contributed by atoms with Crippen molar-refractivity contribution in [1.29, 1.82) is 0 Å². The molecule has 136 valence electrons. The minimum atomic E-state index is -0.887. The lowest BCUT2D eigenvalue weighted by Gasteiger charge is -2.23. The first kappa shape index (κ1) is 18.5. The second-order valence-electron chi connectivity index (χ2n) is 6.62. The highest BCUT2D eigenvalue weighted by atomic mass is 32.1. The van der Waals surface area contributed by atoms with Gasteiger partial charge in [0.05, 0.1) is 6.42 Å². The van der Waals surface area contributed by atoms with Crippen LogP contribution in [0, 0.1) is 5.92 Å². The van der Waals surface area contributed by atoms with Crippen LogP contribution in [0.4, 0.5) is 0 Å². The van der Waals surface area contributed by atoms with E-state index >= 15 is 0 Å². The molecule has 3 rings (SSSR count). The van der Waals surface area contributed by atoms with E-state index < -0.39 is 5.97 Å². The smallest absolute Gasteiger partial charge is 0.307 e. The lowest BCUT2D eigenvalue weighted by Crippen LogP contribution is -2.31. The molecule has 1 fully saturated rings. The minimum Gasteiger partial charge on any atom is -0.481 e. The van der Waals surface area contributed by atoms with Gasteiger partial charge in [-0.15, -0.1) is 12.6 Å². The predicted molar refractivity (Wildman–Crippen MR) is 102 cm³/mol. The second-order valence-corrected chi connectivity index (χ2v) is 7.14. The molecule has 0 atom stereocenters. The van der Waals surface area contributed by atoms with Gasteiger partial charge < -0.3 is 10.0 Å². The number of pyridine rings is 1. The topological polar surface area (TPSA) is 70.5 Å². The van der Waals surface area contributed by atoms with Gasteiger partial charge in [0.2, 0.25) is 5.91 Å². The maximum absolute atomic E-state index is 12.5. The molecule has 1 saturated carbocycles. The fourth-order valence-corrected chi connectivity index (χ4v) is 3.27. The zero-order valence-electron chi connectivity index (χ0n) is 14.7. The molecule has 1 aromatic carbocycles. The zero-order chi connectivity index (χ0) is 18.7. The number of aromatic nitrogens is 1. The van der Waals surface area contributed by atoms with Gasteiger partial charge in [-0.05, 0) is 54.7 Å². The normalized spacial score (nSPS) is 13.5. The summed E-state index contributed by atoms with van der Waals surface area (Å²) < 4.78 is 0. The van der Waals surface area contributed by atoms with Crippen molar-refractivity contribution >= 4 is 24.5 Å². The Bertz CT molecular complexity index is 834. The van der Waals surface area contributed by atoms with Crippen LogP contribution >= 0.6 is 12.6 Å². The van der Waals surface area contributed by atoms with Crippen molar-refractivity contribution < 1.29 is 14.7 Å². The first-order chi connectivity index (χ1) is 12.5. The zero-order valence-corrected chi connectivity index (χ0v) is 15.6. The Balaban J connectivity index is 1.92. The van der Waals surface area contributed by atoms with Gasteiger partial charge >= 0.3 is 5.97 Å². The maximum atomic E-state index is 12.5. The molecule has 1 N–H and O–H groups in total. The van der Waals surface area contributed by atoms with Gasteiger partial charge in [0.15, 0.2) is 0 Å². The number of rotatable bonds is 7. The Morgan fingerprint density at radius 2 is 2.04 bits per heavy atom. The SMILES string of the molecule is CCN(Cc1cc(S)ccc1-c1cncc(CC(=O)O)c1)C(=O)C1CC1. The van der Waals surface area contributed by atoms with Crippen molar-refractivity contribution in [3.05, 3.63) is 47.8 Å². The van der Waals surface area contributed by atoms with Crippen molar-refractivity contribution in [3.8, 4) is 11.1 Å². The lowest BCUT2D eigenvalue weighted by molar-refractivity contribution is -0.136. The number of carboxylic acid groups (broad SMARTS) is 1. The molecule has 0 spiro atoms. The van der Waals surface area contributed by atoms with E-state index in [4.69, 9.17) is 5.11 Å². The first-order valence-corrected chi connectivity index (χ1v) is 9.19. The molecular weight excluding hydrogens is 348 g/mol. The third-order valence-corrected chi connectivity index (χ3v) is 4.81. The Labute approximate surface area is 158 Å². The van der Waals surface area contributed by atoms with Gasteiger partial charge in [-0.2, -0.15) is 0 Å². The quantitative estimate of drug-likeness (QED) is 0.733. The minimum absolute atomic E-state index is 0.0674. The molecule has 0 aliphatic heterocycles. The molecular formula is C20H22N2O3S. The highest BCUT2D eigenvalue weighted by molar-refractivity contribution is 7.80. The van der Waals surface area contributed by atoms with Crippen LogP contribution in [0.1, 0.15) is 30.9 Å². The summed E-state index contributed by atoms with van der Waals surface area (Å²) in [5, 5.41) is 9.01. The number of hydrogen-bond acceptors (Lipinski definition) is 4. The largest absolute Gasteiger partial charge is 0.481 e. The molecule has 1 heterocycles. The number of carbonyl (C=O) groups excluding carboxylic acids is 1. The fourth-order valence-electron chi connectivity index (χ4n) is 3.04. The highest BCUT2D eigenvalue weighted by Crippen LogP contribution is 2.33. The summed E-state index contributed by atoms with van der Waals surface area (Å²) in [6.07, 6.45) is 5.19. The predicted octanol–water partition coefficient (Wildman–Crippen LogP) is 3.42. The number of benzene rings is 1. The summed E-state index contributed by atoms with van der Waals surface area (Å²) in [7, 11) is 0. The lowest BCUT2D eigenvalue weighted by atomic mass is 9.99. The molecule has 2 aromatic rings. The first-order valence-electron chi connectivity index (χ1n) is 8.74.